The molecule has 2 aromatic carbocycles. The Labute approximate surface area is 163 Å². The average Bonchev–Trinajstić information content (AvgIpc) is 2.97. The molecule has 1 atom stereocenters. The van der Waals surface area contributed by atoms with E-state index in [-0.39, 0.29) is 18.5 Å². The Hall–Kier alpha value is -2.61. The van der Waals surface area contributed by atoms with Crippen molar-refractivity contribution in [3.8, 4) is 5.75 Å². The predicted molar refractivity (Wildman–Crippen MR) is 104 cm³/mol. The largest absolute Gasteiger partial charge is 0.493 e. The van der Waals surface area contributed by atoms with Crippen molar-refractivity contribution in [2.75, 3.05) is 23.8 Å². The van der Waals surface area contributed by atoms with E-state index in [1.807, 2.05) is 6.92 Å². The van der Waals surface area contributed by atoms with Crippen molar-refractivity contribution < 1.29 is 27.1 Å². The van der Waals surface area contributed by atoms with Gasteiger partial charge in [-0.1, -0.05) is 0 Å². The van der Waals surface area contributed by atoms with Gasteiger partial charge in [-0.3, -0.25) is 4.31 Å². The van der Waals surface area contributed by atoms with Crippen LogP contribution in [0.4, 0.5) is 10.1 Å². The fourth-order valence-electron chi connectivity index (χ4n) is 3.26. The summed E-state index contributed by atoms with van der Waals surface area (Å²) in [6, 6.07) is 10.4. The van der Waals surface area contributed by atoms with E-state index in [2.05, 4.69) is 0 Å². The summed E-state index contributed by atoms with van der Waals surface area (Å²) in [5.41, 5.74) is 1.81. The third-order valence-electron chi connectivity index (χ3n) is 4.43. The molecule has 0 fully saturated rings. The summed E-state index contributed by atoms with van der Waals surface area (Å²) in [4.78, 5) is 12.2. The maximum atomic E-state index is 12.8. The lowest BCUT2D eigenvalue weighted by Crippen LogP contribution is -2.34. The highest BCUT2D eigenvalue weighted by atomic mass is 32.2. The number of hydrogen-bond acceptors (Lipinski definition) is 5. The molecule has 0 radical (unpaired) electrons. The zero-order valence-corrected chi connectivity index (χ0v) is 16.5. The molecule has 0 saturated heterocycles. The van der Waals surface area contributed by atoms with Crippen LogP contribution in [0.2, 0.25) is 0 Å². The van der Waals surface area contributed by atoms with Gasteiger partial charge in [0.1, 0.15) is 11.6 Å². The first-order chi connectivity index (χ1) is 13.3. The lowest BCUT2D eigenvalue weighted by atomic mass is 10.1. The molecule has 6 nitrogen and oxygen atoms in total. The minimum Gasteiger partial charge on any atom is -0.493 e. The Morgan fingerprint density at radius 3 is 2.57 bits per heavy atom. The molecular formula is C20H22FNO5S. The average molecular weight is 407 g/mol. The van der Waals surface area contributed by atoms with Gasteiger partial charge in [0, 0.05) is 12.5 Å². The lowest BCUT2D eigenvalue weighted by molar-refractivity contribution is 0.0486. The minimum atomic E-state index is -3.36. The first-order valence-electron chi connectivity index (χ1n) is 8.93. The molecule has 0 spiro atoms. The van der Waals surface area contributed by atoms with Crippen LogP contribution < -0.4 is 9.04 Å². The monoisotopic (exact) mass is 407 g/mol. The number of anilines is 1. The molecule has 2 aromatic rings. The zero-order chi connectivity index (χ0) is 20.3. The fraction of sp³-hybridized carbons (Fsp3) is 0.350. The second-order valence-corrected chi connectivity index (χ2v) is 8.61. The van der Waals surface area contributed by atoms with E-state index in [0.717, 1.165) is 5.56 Å². The number of carbonyl (C=O) groups excluding carboxylic acids is 1. The van der Waals surface area contributed by atoms with E-state index in [4.69, 9.17) is 9.47 Å². The van der Waals surface area contributed by atoms with Crippen LogP contribution in [0.1, 0.15) is 29.3 Å². The molecule has 1 aliphatic rings. The number of carbonyl (C=O) groups is 1. The quantitative estimate of drug-likeness (QED) is 0.521. The molecule has 0 bridgehead atoms. The summed E-state index contributed by atoms with van der Waals surface area (Å²) in [5.74, 6) is -0.240. The van der Waals surface area contributed by atoms with Crippen LogP contribution >= 0.6 is 0 Å². The van der Waals surface area contributed by atoms with E-state index in [1.165, 1.54) is 34.8 Å². The van der Waals surface area contributed by atoms with Gasteiger partial charge < -0.3 is 9.47 Å². The van der Waals surface area contributed by atoms with Gasteiger partial charge in [0.15, 0.2) is 0 Å². The Bertz CT molecular complexity index is 959. The van der Waals surface area contributed by atoms with Gasteiger partial charge in [-0.25, -0.2) is 17.6 Å². The second-order valence-electron chi connectivity index (χ2n) is 6.75. The van der Waals surface area contributed by atoms with E-state index in [1.54, 1.807) is 18.2 Å². The zero-order valence-electron chi connectivity index (χ0n) is 15.7. The molecular weight excluding hydrogens is 385 g/mol. The molecule has 1 aliphatic heterocycles. The third kappa shape index (κ3) is 4.62. The van der Waals surface area contributed by atoms with Gasteiger partial charge in [-0.15, -0.1) is 0 Å². The Balaban J connectivity index is 1.52. The second kappa shape index (κ2) is 8.18. The summed E-state index contributed by atoms with van der Waals surface area (Å²) >= 11 is 0. The normalized spacial score (nSPS) is 16.0. The van der Waals surface area contributed by atoms with E-state index < -0.39 is 16.0 Å². The van der Waals surface area contributed by atoms with Crippen LogP contribution in [0, 0.1) is 5.82 Å². The number of esters is 1. The van der Waals surface area contributed by atoms with Crippen molar-refractivity contribution in [2.24, 2.45) is 0 Å². The topological polar surface area (TPSA) is 72.9 Å². The van der Waals surface area contributed by atoms with Crippen molar-refractivity contribution in [3.05, 3.63) is 59.4 Å². The summed E-state index contributed by atoms with van der Waals surface area (Å²) in [7, 11) is -3.36. The summed E-state index contributed by atoms with van der Waals surface area (Å²) < 4.78 is 48.8. The van der Waals surface area contributed by atoms with Gasteiger partial charge in [-0.2, -0.15) is 0 Å². The highest BCUT2D eigenvalue weighted by molar-refractivity contribution is 7.92. The van der Waals surface area contributed by atoms with E-state index in [0.29, 0.717) is 36.4 Å². The Morgan fingerprint density at radius 2 is 1.89 bits per heavy atom. The van der Waals surface area contributed by atoms with Gasteiger partial charge >= 0.3 is 5.97 Å². The summed E-state index contributed by atoms with van der Waals surface area (Å²) in [5, 5.41) is 0. The minimum absolute atomic E-state index is 0.181. The maximum Gasteiger partial charge on any atom is 0.338 e. The van der Waals surface area contributed by atoms with Crippen LogP contribution in [0.5, 0.6) is 5.75 Å². The van der Waals surface area contributed by atoms with Crippen molar-refractivity contribution >= 4 is 21.7 Å². The van der Waals surface area contributed by atoms with Crippen molar-refractivity contribution in [1.82, 2.24) is 0 Å². The molecule has 0 aromatic heterocycles. The number of benzene rings is 2. The van der Waals surface area contributed by atoms with Gasteiger partial charge in [-0.05, 0) is 61.4 Å². The molecule has 1 heterocycles. The van der Waals surface area contributed by atoms with Crippen LogP contribution in [-0.2, 0) is 21.2 Å². The molecule has 0 saturated carbocycles. The summed E-state index contributed by atoms with van der Waals surface area (Å²) in [6.07, 6.45) is 2.22. The molecule has 28 heavy (non-hydrogen) atoms. The van der Waals surface area contributed by atoms with Crippen LogP contribution in [0.25, 0.3) is 0 Å². The van der Waals surface area contributed by atoms with Gasteiger partial charge in [0.25, 0.3) is 0 Å². The summed E-state index contributed by atoms with van der Waals surface area (Å²) in [6.45, 7) is 2.35. The van der Waals surface area contributed by atoms with E-state index >= 15 is 0 Å². The highest BCUT2D eigenvalue weighted by Gasteiger charge is 2.32. The molecule has 150 valence electrons. The Morgan fingerprint density at radius 1 is 1.18 bits per heavy atom. The number of ether oxygens (including phenoxy) is 2. The van der Waals surface area contributed by atoms with Gasteiger partial charge in [0.2, 0.25) is 10.0 Å². The van der Waals surface area contributed by atoms with Crippen molar-refractivity contribution in [1.29, 1.82) is 0 Å². The smallest absolute Gasteiger partial charge is 0.338 e. The third-order valence-corrected chi connectivity index (χ3v) is 5.70. The van der Waals surface area contributed by atoms with Gasteiger partial charge in [0.05, 0.1) is 30.7 Å². The van der Waals surface area contributed by atoms with Crippen LogP contribution in [0.15, 0.2) is 42.5 Å². The standard InChI is InChI=1S/C20H22FNO5S/c1-14-12-16-13-15(4-9-19(16)22(14)28(2,24)25)20(23)27-11-3-10-26-18-7-5-17(21)6-8-18/h4-9,13-14H,3,10-12H2,1-2H3. The SMILES string of the molecule is CC1Cc2cc(C(=O)OCCCOc3ccc(F)cc3)ccc2N1S(C)(=O)=O. The first-order valence-corrected chi connectivity index (χ1v) is 10.8. The molecule has 0 amide bonds. The van der Waals surface area contributed by atoms with Crippen molar-refractivity contribution in [3.63, 3.8) is 0 Å². The highest BCUT2D eigenvalue weighted by Crippen LogP contribution is 2.34. The number of sulfonamides is 1. The number of nitrogens with zero attached hydrogens (tertiary/aromatic N) is 1. The fourth-order valence-corrected chi connectivity index (χ4v) is 4.53. The van der Waals surface area contributed by atoms with Crippen molar-refractivity contribution in [2.45, 2.75) is 25.8 Å². The Kier molecular flexibility index (Phi) is 5.88. The molecule has 0 N–H and O–H groups in total. The molecule has 1 unspecified atom stereocenters. The molecule has 0 aliphatic carbocycles. The number of halogens is 1. The lowest BCUT2D eigenvalue weighted by Gasteiger charge is -2.21. The molecule has 3 rings (SSSR count). The van der Waals surface area contributed by atoms with Crippen LogP contribution in [-0.4, -0.2) is 39.9 Å². The maximum absolute atomic E-state index is 12.8. The predicted octanol–water partition coefficient (Wildman–Crippen LogP) is 3.16. The first kappa shape index (κ1) is 20.1. The van der Waals surface area contributed by atoms with E-state index in [9.17, 15) is 17.6 Å². The number of rotatable bonds is 7. The number of fused-ring (bicyclic) bond motifs is 1. The number of hydrogen-bond donors (Lipinski definition) is 0. The molecule has 8 heteroatoms. The van der Waals surface area contributed by atoms with Crippen LogP contribution in [0.3, 0.4) is 0 Å².